The molecule has 3 N–H and O–H groups in total. The van der Waals surface area contributed by atoms with Crippen LogP contribution in [0.3, 0.4) is 0 Å². The molecular formula is C13H21Cl2NO. The molecular weight excluding hydrogens is 257 g/mol. The first-order valence-corrected chi connectivity index (χ1v) is 5.81. The average molecular weight is 278 g/mol. The molecule has 2 nitrogen and oxygen atoms in total. The highest BCUT2D eigenvalue weighted by molar-refractivity contribution is 6.31. The van der Waals surface area contributed by atoms with Crippen LogP contribution in [0.15, 0.2) is 18.2 Å². The van der Waals surface area contributed by atoms with Gasteiger partial charge in [0, 0.05) is 5.02 Å². The second-order valence-electron chi connectivity index (χ2n) is 5.31. The summed E-state index contributed by atoms with van der Waals surface area (Å²) in [7, 11) is 0. The first-order valence-electron chi connectivity index (χ1n) is 5.44. The molecule has 17 heavy (non-hydrogen) atoms. The quantitative estimate of drug-likeness (QED) is 0.870. The van der Waals surface area contributed by atoms with E-state index in [4.69, 9.17) is 17.3 Å². The number of aliphatic hydroxyl groups is 1. The van der Waals surface area contributed by atoms with E-state index in [0.29, 0.717) is 5.02 Å². The number of rotatable bonds is 2. The van der Waals surface area contributed by atoms with E-state index in [-0.39, 0.29) is 17.8 Å². The molecule has 0 aromatic heterocycles. The van der Waals surface area contributed by atoms with E-state index in [1.54, 1.807) is 6.07 Å². The molecule has 1 aromatic carbocycles. The molecule has 0 unspecified atom stereocenters. The van der Waals surface area contributed by atoms with Gasteiger partial charge in [0.25, 0.3) is 0 Å². The molecule has 0 aliphatic carbocycles. The maximum atomic E-state index is 10.2. The van der Waals surface area contributed by atoms with Gasteiger partial charge in [-0.15, -0.1) is 12.4 Å². The summed E-state index contributed by atoms with van der Waals surface area (Å²) in [5.41, 5.74) is 7.69. The summed E-state index contributed by atoms with van der Waals surface area (Å²) in [6.07, 6.45) is -0.619. The van der Waals surface area contributed by atoms with Gasteiger partial charge >= 0.3 is 0 Å². The highest BCUT2D eigenvalue weighted by Gasteiger charge is 2.30. The largest absolute Gasteiger partial charge is 0.391 e. The third kappa shape index (κ3) is 3.85. The fraction of sp³-hybridized carbons (Fsp3) is 0.538. The zero-order chi connectivity index (χ0) is 12.5. The zero-order valence-corrected chi connectivity index (χ0v) is 12.3. The van der Waals surface area contributed by atoms with Gasteiger partial charge in [0.05, 0.1) is 12.1 Å². The maximum Gasteiger partial charge on any atom is 0.0781 e. The van der Waals surface area contributed by atoms with E-state index in [2.05, 4.69) is 0 Å². The van der Waals surface area contributed by atoms with E-state index in [9.17, 15) is 5.11 Å². The Kier molecular flexibility index (Phi) is 5.95. The Morgan fingerprint density at radius 3 is 2.24 bits per heavy atom. The summed E-state index contributed by atoms with van der Waals surface area (Å²) in [5.74, 6) is 0. The van der Waals surface area contributed by atoms with Crippen molar-refractivity contribution >= 4 is 24.0 Å². The first kappa shape index (κ1) is 16.7. The first-order chi connectivity index (χ1) is 7.25. The molecule has 2 atom stereocenters. The van der Waals surface area contributed by atoms with Gasteiger partial charge in [0.2, 0.25) is 0 Å². The van der Waals surface area contributed by atoms with Gasteiger partial charge in [-0.1, -0.05) is 44.5 Å². The molecule has 1 aromatic rings. The summed E-state index contributed by atoms with van der Waals surface area (Å²) in [4.78, 5) is 0. The van der Waals surface area contributed by atoms with Gasteiger partial charge in [0.1, 0.15) is 0 Å². The third-order valence-corrected chi connectivity index (χ3v) is 3.16. The van der Waals surface area contributed by atoms with Crippen molar-refractivity contribution in [3.8, 4) is 0 Å². The molecule has 0 spiro atoms. The molecule has 1 rings (SSSR count). The fourth-order valence-electron chi connectivity index (χ4n) is 1.76. The van der Waals surface area contributed by atoms with E-state index in [0.717, 1.165) is 11.1 Å². The van der Waals surface area contributed by atoms with Crippen molar-refractivity contribution in [2.75, 3.05) is 0 Å². The Labute approximate surface area is 115 Å². The van der Waals surface area contributed by atoms with Crippen LogP contribution < -0.4 is 5.73 Å². The lowest BCUT2D eigenvalue weighted by Crippen LogP contribution is -2.37. The minimum Gasteiger partial charge on any atom is -0.391 e. The standard InChI is InChI=1S/C13H20ClNO.ClH/c1-8-6-5-7-9(14)10(8)11(15)12(16)13(2,3)4;/h5-7,11-12,16H,15H2,1-4H3;1H/t11-,12-;/m1./s1. The SMILES string of the molecule is Cc1cccc(Cl)c1[C@@H](N)[C@@H](O)C(C)(C)C.Cl. The predicted octanol–water partition coefficient (Wildman–Crippen LogP) is 3.48. The van der Waals surface area contributed by atoms with E-state index in [1.165, 1.54) is 0 Å². The zero-order valence-electron chi connectivity index (χ0n) is 10.7. The van der Waals surface area contributed by atoms with Crippen LogP contribution >= 0.6 is 24.0 Å². The fourth-order valence-corrected chi connectivity index (χ4v) is 2.11. The summed E-state index contributed by atoms with van der Waals surface area (Å²) < 4.78 is 0. The number of benzene rings is 1. The molecule has 0 aliphatic heterocycles. The van der Waals surface area contributed by atoms with Crippen LogP contribution in [0.4, 0.5) is 0 Å². The smallest absolute Gasteiger partial charge is 0.0781 e. The molecule has 4 heteroatoms. The lowest BCUT2D eigenvalue weighted by Gasteiger charge is -2.32. The van der Waals surface area contributed by atoms with Crippen molar-refractivity contribution in [2.45, 2.75) is 39.8 Å². The predicted molar refractivity (Wildman–Crippen MR) is 75.8 cm³/mol. The Morgan fingerprint density at radius 2 is 1.82 bits per heavy atom. The highest BCUT2D eigenvalue weighted by Crippen LogP contribution is 2.33. The van der Waals surface area contributed by atoms with Gasteiger partial charge in [-0.2, -0.15) is 0 Å². The number of halogens is 2. The Morgan fingerprint density at radius 1 is 1.29 bits per heavy atom. The summed E-state index contributed by atoms with van der Waals surface area (Å²) in [6, 6.07) is 5.20. The maximum absolute atomic E-state index is 10.2. The Balaban J connectivity index is 0.00000256. The van der Waals surface area contributed by atoms with Crippen LogP contribution in [-0.4, -0.2) is 11.2 Å². The molecule has 98 valence electrons. The molecule has 0 saturated carbocycles. The number of hydrogen-bond donors (Lipinski definition) is 2. The van der Waals surface area contributed by atoms with E-state index >= 15 is 0 Å². The summed E-state index contributed by atoms with van der Waals surface area (Å²) in [5, 5.41) is 10.8. The lowest BCUT2D eigenvalue weighted by molar-refractivity contribution is 0.0399. The molecule has 0 amide bonds. The number of aliphatic hydroxyl groups excluding tert-OH is 1. The molecule has 0 fully saturated rings. The minimum atomic E-state index is -0.619. The van der Waals surface area contributed by atoms with E-state index in [1.807, 2.05) is 39.8 Å². The average Bonchev–Trinajstić information content (AvgIpc) is 2.14. The Bertz CT molecular complexity index is 354. The van der Waals surface area contributed by atoms with Crippen molar-refractivity contribution < 1.29 is 5.11 Å². The molecule has 0 saturated heterocycles. The van der Waals surface area contributed by atoms with Crippen LogP contribution in [0.25, 0.3) is 0 Å². The van der Waals surface area contributed by atoms with Gasteiger partial charge in [-0.05, 0) is 29.5 Å². The number of hydrogen-bond acceptors (Lipinski definition) is 2. The molecule has 0 bridgehead atoms. The van der Waals surface area contributed by atoms with Crippen molar-refractivity contribution in [3.05, 3.63) is 34.3 Å². The minimum absolute atomic E-state index is 0. The van der Waals surface area contributed by atoms with Crippen LogP contribution in [0.1, 0.15) is 37.9 Å². The van der Waals surface area contributed by atoms with Gasteiger partial charge in [-0.3, -0.25) is 0 Å². The van der Waals surface area contributed by atoms with Crippen LogP contribution in [-0.2, 0) is 0 Å². The second kappa shape index (κ2) is 6.05. The van der Waals surface area contributed by atoms with Crippen LogP contribution in [0, 0.1) is 12.3 Å². The van der Waals surface area contributed by atoms with Crippen molar-refractivity contribution in [3.63, 3.8) is 0 Å². The second-order valence-corrected chi connectivity index (χ2v) is 5.71. The normalized spacial score (nSPS) is 15.0. The van der Waals surface area contributed by atoms with Gasteiger partial charge in [0.15, 0.2) is 0 Å². The summed E-state index contributed by atoms with van der Waals surface area (Å²) in [6.45, 7) is 7.84. The van der Waals surface area contributed by atoms with E-state index < -0.39 is 12.1 Å². The monoisotopic (exact) mass is 277 g/mol. The number of aryl methyl sites for hydroxylation is 1. The summed E-state index contributed by atoms with van der Waals surface area (Å²) >= 11 is 6.13. The lowest BCUT2D eigenvalue weighted by atomic mass is 9.81. The molecule has 0 radical (unpaired) electrons. The third-order valence-electron chi connectivity index (χ3n) is 2.83. The topological polar surface area (TPSA) is 46.2 Å². The van der Waals surface area contributed by atoms with Crippen LogP contribution in [0.5, 0.6) is 0 Å². The van der Waals surface area contributed by atoms with Gasteiger partial charge < -0.3 is 10.8 Å². The van der Waals surface area contributed by atoms with Crippen LogP contribution in [0.2, 0.25) is 5.02 Å². The molecule has 0 aliphatic rings. The van der Waals surface area contributed by atoms with Crippen molar-refractivity contribution in [1.82, 2.24) is 0 Å². The molecule has 0 heterocycles. The number of nitrogens with two attached hydrogens (primary N) is 1. The Hall–Kier alpha value is -0.280. The van der Waals surface area contributed by atoms with Crippen molar-refractivity contribution in [1.29, 1.82) is 0 Å². The highest BCUT2D eigenvalue weighted by atomic mass is 35.5. The van der Waals surface area contributed by atoms with Crippen molar-refractivity contribution in [2.24, 2.45) is 11.1 Å². The van der Waals surface area contributed by atoms with Gasteiger partial charge in [-0.25, -0.2) is 0 Å².